The summed E-state index contributed by atoms with van der Waals surface area (Å²) in [5.74, 6) is -0.526. The van der Waals surface area contributed by atoms with Crippen molar-refractivity contribution >= 4 is 50.9 Å². The molecule has 23 heavy (non-hydrogen) atoms. The molecular weight excluding hydrogens is 407 g/mol. The van der Waals surface area contributed by atoms with Crippen LogP contribution in [0, 0.1) is 0 Å². The van der Waals surface area contributed by atoms with Gasteiger partial charge in [0.15, 0.2) is 6.61 Å². The Labute approximate surface area is 151 Å². The Morgan fingerprint density at radius 1 is 1.04 bits per heavy atom. The molecule has 8 heteroatoms. The predicted molar refractivity (Wildman–Crippen MR) is 91.7 cm³/mol. The number of carbonyl (C=O) groups excluding carboxylic acids is 2. The van der Waals surface area contributed by atoms with E-state index in [9.17, 15) is 9.59 Å². The SMILES string of the molecule is O=C(COc1ccc(Cl)cc1Br)NNC(=O)c1cccc(Cl)c1. The zero-order chi connectivity index (χ0) is 16.8. The van der Waals surface area contributed by atoms with Crippen molar-refractivity contribution in [2.24, 2.45) is 0 Å². The van der Waals surface area contributed by atoms with E-state index >= 15 is 0 Å². The van der Waals surface area contributed by atoms with Crippen molar-refractivity contribution in [1.82, 2.24) is 10.9 Å². The summed E-state index contributed by atoms with van der Waals surface area (Å²) < 4.78 is 5.95. The molecule has 2 aromatic rings. The maximum atomic E-state index is 11.8. The third-order valence-corrected chi connectivity index (χ3v) is 3.74. The Hall–Kier alpha value is -1.76. The van der Waals surface area contributed by atoms with E-state index in [1.165, 1.54) is 6.07 Å². The van der Waals surface area contributed by atoms with Gasteiger partial charge in [-0.1, -0.05) is 29.3 Å². The minimum Gasteiger partial charge on any atom is -0.483 e. The number of rotatable bonds is 4. The highest BCUT2D eigenvalue weighted by atomic mass is 79.9. The summed E-state index contributed by atoms with van der Waals surface area (Å²) in [6.07, 6.45) is 0. The third kappa shape index (κ3) is 5.42. The number of ether oxygens (including phenoxy) is 1. The van der Waals surface area contributed by atoms with Crippen LogP contribution in [0.1, 0.15) is 10.4 Å². The highest BCUT2D eigenvalue weighted by molar-refractivity contribution is 9.10. The van der Waals surface area contributed by atoms with Crippen LogP contribution in [0.3, 0.4) is 0 Å². The van der Waals surface area contributed by atoms with E-state index in [0.717, 1.165) is 0 Å². The van der Waals surface area contributed by atoms with Crippen LogP contribution in [0.2, 0.25) is 10.0 Å². The molecule has 0 aliphatic carbocycles. The minimum absolute atomic E-state index is 0.268. The molecule has 0 radical (unpaired) electrons. The van der Waals surface area contributed by atoms with Crippen LogP contribution in [0.5, 0.6) is 5.75 Å². The van der Waals surface area contributed by atoms with Crippen LogP contribution in [-0.2, 0) is 4.79 Å². The predicted octanol–water partition coefficient (Wildman–Crippen LogP) is 3.60. The molecule has 0 unspecified atom stereocenters. The lowest BCUT2D eigenvalue weighted by Gasteiger charge is -2.10. The van der Waals surface area contributed by atoms with Crippen LogP contribution in [-0.4, -0.2) is 18.4 Å². The van der Waals surface area contributed by atoms with Crippen LogP contribution < -0.4 is 15.6 Å². The Bertz CT molecular complexity index is 740. The van der Waals surface area contributed by atoms with Crippen LogP contribution in [0.25, 0.3) is 0 Å². The molecule has 0 bridgehead atoms. The molecule has 2 amide bonds. The summed E-state index contributed by atoms with van der Waals surface area (Å²) >= 11 is 14.9. The van der Waals surface area contributed by atoms with Gasteiger partial charge in [0.25, 0.3) is 11.8 Å². The summed E-state index contributed by atoms with van der Waals surface area (Å²) in [4.78, 5) is 23.5. The Balaban J connectivity index is 1.82. The van der Waals surface area contributed by atoms with Gasteiger partial charge >= 0.3 is 0 Å². The minimum atomic E-state index is -0.512. The van der Waals surface area contributed by atoms with Gasteiger partial charge in [0.2, 0.25) is 0 Å². The van der Waals surface area contributed by atoms with E-state index in [-0.39, 0.29) is 6.61 Å². The van der Waals surface area contributed by atoms with Crippen molar-refractivity contribution in [2.45, 2.75) is 0 Å². The molecule has 120 valence electrons. The van der Waals surface area contributed by atoms with Gasteiger partial charge in [0.1, 0.15) is 5.75 Å². The van der Waals surface area contributed by atoms with Crippen molar-refractivity contribution in [3.05, 3.63) is 62.5 Å². The lowest BCUT2D eigenvalue weighted by molar-refractivity contribution is -0.123. The van der Waals surface area contributed by atoms with Gasteiger partial charge in [-0.3, -0.25) is 20.4 Å². The Morgan fingerprint density at radius 2 is 1.78 bits per heavy atom. The molecule has 5 nitrogen and oxygen atoms in total. The van der Waals surface area contributed by atoms with Gasteiger partial charge in [-0.2, -0.15) is 0 Å². The van der Waals surface area contributed by atoms with Gasteiger partial charge < -0.3 is 4.74 Å². The molecule has 0 aliphatic heterocycles. The monoisotopic (exact) mass is 416 g/mol. The molecule has 2 N–H and O–H groups in total. The zero-order valence-electron chi connectivity index (χ0n) is 11.6. The van der Waals surface area contributed by atoms with Gasteiger partial charge in [-0.05, 0) is 52.3 Å². The summed E-state index contributed by atoms with van der Waals surface area (Å²) in [6.45, 7) is -0.268. The van der Waals surface area contributed by atoms with Gasteiger partial charge in [-0.25, -0.2) is 0 Å². The number of hydrazine groups is 1. The normalized spacial score (nSPS) is 10.0. The summed E-state index contributed by atoms with van der Waals surface area (Å²) in [7, 11) is 0. The molecule has 0 heterocycles. The van der Waals surface area contributed by atoms with Crippen molar-refractivity contribution in [2.75, 3.05) is 6.61 Å². The van der Waals surface area contributed by atoms with E-state index < -0.39 is 11.8 Å². The number of hydrogen-bond donors (Lipinski definition) is 2. The number of carbonyl (C=O) groups is 2. The van der Waals surface area contributed by atoms with Crippen LogP contribution >= 0.6 is 39.1 Å². The number of halogens is 3. The molecule has 0 fully saturated rings. The van der Waals surface area contributed by atoms with Crippen molar-refractivity contribution < 1.29 is 14.3 Å². The fourth-order valence-corrected chi connectivity index (χ4v) is 2.59. The molecule has 0 aromatic heterocycles. The Morgan fingerprint density at radius 3 is 2.48 bits per heavy atom. The highest BCUT2D eigenvalue weighted by Gasteiger charge is 2.09. The Kier molecular flexibility index (Phi) is 6.27. The van der Waals surface area contributed by atoms with Crippen molar-refractivity contribution in [3.63, 3.8) is 0 Å². The van der Waals surface area contributed by atoms with Crippen molar-refractivity contribution in [1.29, 1.82) is 0 Å². The molecular formula is C15H11BrCl2N2O3. The molecule has 2 rings (SSSR count). The van der Waals surface area contributed by atoms with Gasteiger partial charge in [-0.15, -0.1) is 0 Å². The third-order valence-electron chi connectivity index (χ3n) is 2.65. The van der Waals surface area contributed by atoms with E-state index in [4.69, 9.17) is 27.9 Å². The number of benzene rings is 2. The van der Waals surface area contributed by atoms with Gasteiger partial charge in [0.05, 0.1) is 4.47 Å². The maximum absolute atomic E-state index is 11.8. The fraction of sp³-hybridized carbons (Fsp3) is 0.0667. The lowest BCUT2D eigenvalue weighted by Crippen LogP contribution is -2.43. The first-order valence-corrected chi connectivity index (χ1v) is 7.93. The molecule has 0 aliphatic rings. The smallest absolute Gasteiger partial charge is 0.276 e. The summed E-state index contributed by atoms with van der Waals surface area (Å²) in [5.41, 5.74) is 4.86. The topological polar surface area (TPSA) is 67.4 Å². The number of amides is 2. The van der Waals surface area contributed by atoms with E-state index in [2.05, 4.69) is 26.8 Å². The highest BCUT2D eigenvalue weighted by Crippen LogP contribution is 2.27. The average Bonchev–Trinajstić information content (AvgIpc) is 2.51. The average molecular weight is 418 g/mol. The first-order chi connectivity index (χ1) is 11.0. The van der Waals surface area contributed by atoms with E-state index in [1.54, 1.807) is 36.4 Å². The van der Waals surface area contributed by atoms with Crippen LogP contribution in [0.4, 0.5) is 0 Å². The second-order valence-electron chi connectivity index (χ2n) is 4.38. The largest absolute Gasteiger partial charge is 0.483 e. The lowest BCUT2D eigenvalue weighted by atomic mass is 10.2. The molecule has 0 saturated heterocycles. The molecule has 0 spiro atoms. The maximum Gasteiger partial charge on any atom is 0.276 e. The van der Waals surface area contributed by atoms with E-state index in [0.29, 0.717) is 25.8 Å². The fourth-order valence-electron chi connectivity index (χ4n) is 1.60. The summed E-state index contributed by atoms with van der Waals surface area (Å²) in [6, 6.07) is 11.3. The van der Waals surface area contributed by atoms with Crippen LogP contribution in [0.15, 0.2) is 46.9 Å². The zero-order valence-corrected chi connectivity index (χ0v) is 14.7. The second kappa shape index (κ2) is 8.19. The standard InChI is InChI=1S/C15H11BrCl2N2O3/c16-12-7-11(18)4-5-13(12)23-8-14(21)19-20-15(22)9-2-1-3-10(17)6-9/h1-7H,8H2,(H,19,21)(H,20,22). The summed E-state index contributed by atoms with van der Waals surface area (Å²) in [5, 5.41) is 0.974. The molecule has 0 saturated carbocycles. The van der Waals surface area contributed by atoms with Crippen molar-refractivity contribution in [3.8, 4) is 5.75 Å². The van der Waals surface area contributed by atoms with Gasteiger partial charge in [0, 0.05) is 15.6 Å². The quantitative estimate of drug-likeness (QED) is 0.747. The first-order valence-electron chi connectivity index (χ1n) is 6.38. The molecule has 2 aromatic carbocycles. The second-order valence-corrected chi connectivity index (χ2v) is 6.10. The first kappa shape index (κ1) is 17.6. The molecule has 0 atom stereocenters. The number of hydrogen-bond acceptors (Lipinski definition) is 3. The van der Waals surface area contributed by atoms with E-state index in [1.807, 2.05) is 0 Å². The number of nitrogens with one attached hydrogen (secondary N) is 2.